The van der Waals surface area contributed by atoms with Gasteiger partial charge in [0.1, 0.15) is 0 Å². The molecule has 1 aliphatic rings. The minimum absolute atomic E-state index is 0.0249. The van der Waals surface area contributed by atoms with Gasteiger partial charge < -0.3 is 10.1 Å². The summed E-state index contributed by atoms with van der Waals surface area (Å²) < 4.78 is 6.39. The lowest BCUT2D eigenvalue weighted by molar-refractivity contribution is -0.119. The number of ether oxygens (including phenoxy) is 1. The average molecular weight is 383 g/mol. The molecule has 1 atom stereocenters. The third kappa shape index (κ3) is 3.01. The molecule has 1 aromatic carbocycles. The van der Waals surface area contributed by atoms with Gasteiger partial charge in [0.15, 0.2) is 5.82 Å². The standard InChI is InChI=1S/C14H14IN3O2/c15-11-3-1-9(2-4-11)12-7-13(18-17-12)16-14(19)10-5-6-20-8-10/h1-4,7,10H,5-6,8H2,(H2,16,17,18,19). The maximum atomic E-state index is 12.0. The van der Waals surface area contributed by atoms with Gasteiger partial charge in [-0.1, -0.05) is 12.1 Å². The van der Waals surface area contributed by atoms with Gasteiger partial charge >= 0.3 is 0 Å². The number of rotatable bonds is 3. The number of aromatic amines is 1. The second kappa shape index (κ2) is 5.92. The van der Waals surface area contributed by atoms with E-state index in [9.17, 15) is 4.79 Å². The highest BCUT2D eigenvalue weighted by molar-refractivity contribution is 14.1. The van der Waals surface area contributed by atoms with Crippen molar-refractivity contribution in [2.24, 2.45) is 5.92 Å². The Morgan fingerprint density at radius 3 is 2.90 bits per heavy atom. The number of anilines is 1. The van der Waals surface area contributed by atoms with Crippen LogP contribution in [-0.2, 0) is 9.53 Å². The van der Waals surface area contributed by atoms with Crippen LogP contribution in [0.4, 0.5) is 5.82 Å². The molecule has 1 fully saturated rings. The molecule has 0 radical (unpaired) electrons. The summed E-state index contributed by atoms with van der Waals surface area (Å²) >= 11 is 2.26. The molecule has 0 saturated carbocycles. The zero-order chi connectivity index (χ0) is 13.9. The zero-order valence-corrected chi connectivity index (χ0v) is 12.9. The maximum Gasteiger partial charge on any atom is 0.231 e. The number of H-pyrrole nitrogens is 1. The van der Waals surface area contributed by atoms with Gasteiger partial charge in [-0.2, -0.15) is 5.10 Å². The van der Waals surface area contributed by atoms with Crippen molar-refractivity contribution in [1.82, 2.24) is 10.2 Å². The van der Waals surface area contributed by atoms with Crippen LogP contribution in [0.2, 0.25) is 0 Å². The fourth-order valence-corrected chi connectivity index (χ4v) is 2.49. The molecule has 1 aromatic heterocycles. The van der Waals surface area contributed by atoms with Crippen LogP contribution in [0.5, 0.6) is 0 Å². The Morgan fingerprint density at radius 1 is 1.40 bits per heavy atom. The summed E-state index contributed by atoms with van der Waals surface area (Å²) in [6.07, 6.45) is 0.778. The summed E-state index contributed by atoms with van der Waals surface area (Å²) in [6, 6.07) is 9.95. The molecule has 3 rings (SSSR count). The molecule has 104 valence electrons. The van der Waals surface area contributed by atoms with Crippen LogP contribution >= 0.6 is 22.6 Å². The van der Waals surface area contributed by atoms with E-state index in [-0.39, 0.29) is 11.8 Å². The lowest BCUT2D eigenvalue weighted by Crippen LogP contribution is -2.22. The van der Waals surface area contributed by atoms with Gasteiger partial charge in [0.25, 0.3) is 0 Å². The van der Waals surface area contributed by atoms with Crippen molar-refractivity contribution in [2.45, 2.75) is 6.42 Å². The van der Waals surface area contributed by atoms with Gasteiger partial charge in [0, 0.05) is 16.2 Å². The number of hydrogen-bond acceptors (Lipinski definition) is 3. The first kappa shape index (κ1) is 13.6. The highest BCUT2D eigenvalue weighted by Crippen LogP contribution is 2.21. The van der Waals surface area contributed by atoms with Crippen LogP contribution in [0.1, 0.15) is 6.42 Å². The molecule has 1 amide bonds. The molecule has 5 nitrogen and oxygen atoms in total. The van der Waals surface area contributed by atoms with Crippen molar-refractivity contribution in [3.8, 4) is 11.3 Å². The van der Waals surface area contributed by atoms with Crippen LogP contribution in [0.15, 0.2) is 30.3 Å². The molecule has 0 bridgehead atoms. The molecule has 2 aromatic rings. The van der Waals surface area contributed by atoms with Crippen LogP contribution < -0.4 is 5.32 Å². The van der Waals surface area contributed by atoms with Crippen molar-refractivity contribution in [3.63, 3.8) is 0 Å². The fraction of sp³-hybridized carbons (Fsp3) is 0.286. The molecule has 0 aliphatic carbocycles. The second-order valence-electron chi connectivity index (χ2n) is 4.72. The van der Waals surface area contributed by atoms with Crippen LogP contribution in [-0.4, -0.2) is 29.3 Å². The fourth-order valence-electron chi connectivity index (χ4n) is 2.13. The van der Waals surface area contributed by atoms with E-state index < -0.39 is 0 Å². The summed E-state index contributed by atoms with van der Waals surface area (Å²) in [6.45, 7) is 1.16. The zero-order valence-electron chi connectivity index (χ0n) is 10.7. The first-order valence-corrected chi connectivity index (χ1v) is 7.50. The third-order valence-corrected chi connectivity index (χ3v) is 4.00. The van der Waals surface area contributed by atoms with E-state index in [4.69, 9.17) is 4.74 Å². The van der Waals surface area contributed by atoms with Crippen LogP contribution in [0, 0.1) is 9.49 Å². The van der Waals surface area contributed by atoms with Crippen LogP contribution in [0.25, 0.3) is 11.3 Å². The Kier molecular flexibility index (Phi) is 4.02. The molecular weight excluding hydrogens is 369 g/mol. The number of amides is 1. The van der Waals surface area contributed by atoms with Crippen molar-refractivity contribution < 1.29 is 9.53 Å². The van der Waals surface area contributed by atoms with E-state index in [0.29, 0.717) is 19.0 Å². The second-order valence-corrected chi connectivity index (χ2v) is 5.97. The van der Waals surface area contributed by atoms with Crippen molar-refractivity contribution in [3.05, 3.63) is 33.9 Å². The third-order valence-electron chi connectivity index (χ3n) is 3.28. The van der Waals surface area contributed by atoms with Gasteiger partial charge in [0.2, 0.25) is 5.91 Å². The summed E-state index contributed by atoms with van der Waals surface area (Å²) in [4.78, 5) is 12.0. The van der Waals surface area contributed by atoms with E-state index in [2.05, 4.69) is 38.1 Å². The molecule has 1 aliphatic heterocycles. The molecule has 2 N–H and O–H groups in total. The molecule has 1 unspecified atom stereocenters. The van der Waals surface area contributed by atoms with Gasteiger partial charge in [-0.3, -0.25) is 9.89 Å². The minimum atomic E-state index is -0.0616. The highest BCUT2D eigenvalue weighted by Gasteiger charge is 2.24. The summed E-state index contributed by atoms with van der Waals surface area (Å²) in [5.41, 5.74) is 1.93. The number of hydrogen-bond donors (Lipinski definition) is 2. The number of carbonyl (C=O) groups is 1. The Bertz CT molecular complexity index is 603. The smallest absolute Gasteiger partial charge is 0.231 e. The van der Waals surface area contributed by atoms with Gasteiger partial charge in [-0.25, -0.2) is 0 Å². The number of carbonyl (C=O) groups excluding carboxylic acids is 1. The lowest BCUT2D eigenvalue weighted by Gasteiger charge is -2.05. The number of nitrogens with zero attached hydrogens (tertiary/aromatic N) is 1. The number of benzene rings is 1. The molecule has 20 heavy (non-hydrogen) atoms. The van der Waals surface area contributed by atoms with Crippen molar-refractivity contribution >= 4 is 34.3 Å². The predicted molar refractivity (Wildman–Crippen MR) is 84.3 cm³/mol. The monoisotopic (exact) mass is 383 g/mol. The Labute approximate surface area is 130 Å². The Balaban J connectivity index is 1.70. The number of aromatic nitrogens is 2. The van der Waals surface area contributed by atoms with Crippen LogP contribution in [0.3, 0.4) is 0 Å². The minimum Gasteiger partial charge on any atom is -0.381 e. The van der Waals surface area contributed by atoms with E-state index in [0.717, 1.165) is 17.7 Å². The SMILES string of the molecule is O=C(Nc1cc(-c2ccc(I)cc2)[nH]n1)C1CCOC1. The highest BCUT2D eigenvalue weighted by atomic mass is 127. The van der Waals surface area contributed by atoms with Crippen molar-refractivity contribution in [1.29, 1.82) is 0 Å². The van der Waals surface area contributed by atoms with E-state index >= 15 is 0 Å². The maximum absolute atomic E-state index is 12.0. The molecule has 1 saturated heterocycles. The first-order valence-electron chi connectivity index (χ1n) is 6.42. The normalized spacial score (nSPS) is 18.1. The Morgan fingerprint density at radius 2 is 2.20 bits per heavy atom. The molecule has 0 spiro atoms. The van der Waals surface area contributed by atoms with Gasteiger partial charge in [0.05, 0.1) is 18.2 Å². The van der Waals surface area contributed by atoms with E-state index in [1.165, 1.54) is 3.57 Å². The average Bonchev–Trinajstić information content (AvgIpc) is 3.10. The first-order chi connectivity index (χ1) is 9.72. The Hall–Kier alpha value is -1.41. The largest absolute Gasteiger partial charge is 0.381 e. The summed E-state index contributed by atoms with van der Waals surface area (Å²) in [7, 11) is 0. The van der Waals surface area contributed by atoms with Gasteiger partial charge in [-0.05, 0) is 46.7 Å². The quantitative estimate of drug-likeness (QED) is 0.801. The predicted octanol–water partition coefficient (Wildman–Crippen LogP) is 2.66. The molecule has 6 heteroatoms. The molecular formula is C14H14IN3O2. The van der Waals surface area contributed by atoms with E-state index in [1.807, 2.05) is 30.3 Å². The van der Waals surface area contributed by atoms with Crippen molar-refractivity contribution in [2.75, 3.05) is 18.5 Å². The number of halogens is 1. The molecule has 2 heterocycles. The van der Waals surface area contributed by atoms with Gasteiger partial charge in [-0.15, -0.1) is 0 Å². The topological polar surface area (TPSA) is 67.0 Å². The number of nitrogens with one attached hydrogen (secondary N) is 2. The van der Waals surface area contributed by atoms with E-state index in [1.54, 1.807) is 0 Å². The summed E-state index contributed by atoms with van der Waals surface area (Å²) in [5.74, 6) is 0.465. The summed E-state index contributed by atoms with van der Waals surface area (Å²) in [5, 5.41) is 9.89. The lowest BCUT2D eigenvalue weighted by atomic mass is 10.1.